The van der Waals surface area contributed by atoms with Crippen molar-refractivity contribution in [2.75, 3.05) is 0 Å². The monoisotopic (exact) mass is 471 g/mol. The van der Waals surface area contributed by atoms with E-state index >= 15 is 0 Å². The van der Waals surface area contributed by atoms with Crippen molar-refractivity contribution in [1.82, 2.24) is 14.9 Å². The van der Waals surface area contributed by atoms with Gasteiger partial charge in [0.15, 0.2) is 0 Å². The maximum Gasteiger partial charge on any atom is 0.338 e. The minimum Gasteiger partial charge on any atom is -0.478 e. The number of hydrogen-bond donors (Lipinski definition) is 3. The van der Waals surface area contributed by atoms with Gasteiger partial charge in [-0.25, -0.2) is 14.2 Å². The predicted octanol–water partition coefficient (Wildman–Crippen LogP) is 4.90. The molecule has 3 rings (SSSR count). The van der Waals surface area contributed by atoms with Gasteiger partial charge in [0, 0.05) is 19.5 Å². The second kappa shape index (κ2) is 10.8. The third-order valence-corrected chi connectivity index (χ3v) is 6.09. The molecular formula is C25H30FN3O3S. The van der Waals surface area contributed by atoms with Gasteiger partial charge in [0.1, 0.15) is 11.6 Å². The molecule has 0 aliphatic carbocycles. The molecule has 0 radical (unpaired) electrons. The number of aromatic nitrogens is 2. The summed E-state index contributed by atoms with van der Waals surface area (Å²) in [4.78, 5) is 28.2. The molecule has 3 aromatic rings. The molecule has 33 heavy (non-hydrogen) atoms. The van der Waals surface area contributed by atoms with Crippen molar-refractivity contribution in [3.8, 4) is 0 Å². The van der Waals surface area contributed by atoms with Crippen LogP contribution in [0.5, 0.6) is 0 Å². The van der Waals surface area contributed by atoms with E-state index in [4.69, 9.17) is 10.1 Å². The number of carboxylic acid groups (broad SMARTS) is 1. The summed E-state index contributed by atoms with van der Waals surface area (Å²) in [6, 6.07) is 8.21. The molecule has 2 N–H and O–H groups in total. The third-order valence-electron chi connectivity index (χ3n) is 5.59. The van der Waals surface area contributed by atoms with Crippen LogP contribution in [0, 0.1) is 12.7 Å². The number of nitrogens with zero attached hydrogens (tertiary/aromatic N) is 2. The standard InChI is InChI=1S/C25H30FN3O3S/c1-4-6-21(33)24(30)27-13-17-10-15(3)23-20(12-17)29(22(28-23)7-5-2)14-16-8-9-18(25(31)32)19(26)11-16/h8-12,21,33H,4-7,13-14H2,1-3H3,(H,27,30)(H,31,32)/t21-/m1/s1. The lowest BCUT2D eigenvalue weighted by Gasteiger charge is -2.13. The Morgan fingerprint density at radius 1 is 1.18 bits per heavy atom. The number of amides is 1. The molecule has 0 aliphatic rings. The summed E-state index contributed by atoms with van der Waals surface area (Å²) in [6.45, 7) is 6.83. The number of carbonyl (C=O) groups is 2. The Balaban J connectivity index is 1.95. The second-order valence-corrected chi connectivity index (χ2v) is 8.91. The molecule has 0 aliphatic heterocycles. The zero-order valence-electron chi connectivity index (χ0n) is 19.2. The number of aryl methyl sites for hydroxylation is 2. The fraction of sp³-hybridized carbons (Fsp3) is 0.400. The number of aromatic carboxylic acids is 1. The van der Waals surface area contributed by atoms with Gasteiger partial charge in [-0.05, 0) is 54.7 Å². The molecule has 1 heterocycles. The van der Waals surface area contributed by atoms with Gasteiger partial charge in [0.2, 0.25) is 5.91 Å². The first-order valence-corrected chi connectivity index (χ1v) is 11.7. The number of rotatable bonds is 10. The van der Waals surface area contributed by atoms with Crippen LogP contribution in [0.3, 0.4) is 0 Å². The highest BCUT2D eigenvalue weighted by molar-refractivity contribution is 7.81. The van der Waals surface area contributed by atoms with Crippen molar-refractivity contribution in [1.29, 1.82) is 0 Å². The molecule has 0 unspecified atom stereocenters. The minimum absolute atomic E-state index is 0.0906. The smallest absolute Gasteiger partial charge is 0.338 e. The Hall–Kier alpha value is -2.87. The molecule has 0 saturated heterocycles. The highest BCUT2D eigenvalue weighted by Crippen LogP contribution is 2.25. The number of hydrogen-bond acceptors (Lipinski definition) is 4. The predicted molar refractivity (Wildman–Crippen MR) is 130 cm³/mol. The first-order chi connectivity index (χ1) is 15.7. The van der Waals surface area contributed by atoms with Crippen molar-refractivity contribution >= 4 is 35.5 Å². The van der Waals surface area contributed by atoms with Gasteiger partial charge in [0.05, 0.1) is 21.8 Å². The number of imidazole rings is 1. The van der Waals surface area contributed by atoms with E-state index < -0.39 is 11.8 Å². The topological polar surface area (TPSA) is 84.2 Å². The van der Waals surface area contributed by atoms with Crippen molar-refractivity contribution in [3.05, 3.63) is 64.2 Å². The summed E-state index contributed by atoms with van der Waals surface area (Å²) >= 11 is 4.36. The van der Waals surface area contributed by atoms with Crippen LogP contribution in [0.4, 0.5) is 4.39 Å². The minimum atomic E-state index is -1.29. The normalized spacial score (nSPS) is 12.2. The summed E-state index contributed by atoms with van der Waals surface area (Å²) in [7, 11) is 0. The van der Waals surface area contributed by atoms with Crippen molar-refractivity contribution in [2.24, 2.45) is 0 Å². The van der Waals surface area contributed by atoms with E-state index in [-0.39, 0.29) is 16.7 Å². The lowest BCUT2D eigenvalue weighted by atomic mass is 10.1. The molecule has 0 bridgehead atoms. The average molecular weight is 472 g/mol. The van der Waals surface area contributed by atoms with E-state index in [0.717, 1.165) is 53.7 Å². The third kappa shape index (κ3) is 5.74. The second-order valence-electron chi connectivity index (χ2n) is 8.29. The first kappa shape index (κ1) is 24.8. The average Bonchev–Trinajstić information content (AvgIpc) is 3.10. The maximum atomic E-state index is 14.3. The fourth-order valence-corrected chi connectivity index (χ4v) is 4.28. The Labute approximate surface area is 198 Å². The number of halogens is 1. The Morgan fingerprint density at radius 3 is 2.58 bits per heavy atom. The molecule has 176 valence electrons. The van der Waals surface area contributed by atoms with Crippen molar-refractivity contribution in [3.63, 3.8) is 0 Å². The van der Waals surface area contributed by atoms with Gasteiger partial charge in [-0.3, -0.25) is 4.79 Å². The van der Waals surface area contributed by atoms with E-state index in [1.54, 1.807) is 6.07 Å². The molecule has 0 spiro atoms. The van der Waals surface area contributed by atoms with Gasteiger partial charge >= 0.3 is 5.97 Å². The summed E-state index contributed by atoms with van der Waals surface area (Å²) in [5.41, 5.74) is 4.03. The van der Waals surface area contributed by atoms with Gasteiger partial charge in [-0.15, -0.1) is 0 Å². The van der Waals surface area contributed by atoms with Crippen LogP contribution in [0.15, 0.2) is 30.3 Å². The number of fused-ring (bicyclic) bond motifs is 1. The van der Waals surface area contributed by atoms with Crippen LogP contribution in [0.25, 0.3) is 11.0 Å². The first-order valence-electron chi connectivity index (χ1n) is 11.2. The van der Waals surface area contributed by atoms with E-state index in [1.807, 2.05) is 30.5 Å². The molecule has 1 atom stereocenters. The Kier molecular flexibility index (Phi) is 8.13. The van der Waals surface area contributed by atoms with Gasteiger partial charge < -0.3 is 15.0 Å². The summed E-state index contributed by atoms with van der Waals surface area (Å²) in [5.74, 6) is -1.25. The molecule has 1 aromatic heterocycles. The number of thiol groups is 1. The number of carbonyl (C=O) groups excluding carboxylic acids is 1. The zero-order valence-corrected chi connectivity index (χ0v) is 20.1. The van der Waals surface area contributed by atoms with Crippen LogP contribution >= 0.6 is 12.6 Å². The quantitative estimate of drug-likeness (QED) is 0.367. The fourth-order valence-electron chi connectivity index (χ4n) is 3.93. The lowest BCUT2D eigenvalue weighted by molar-refractivity contribution is -0.120. The largest absolute Gasteiger partial charge is 0.478 e. The molecule has 2 aromatic carbocycles. The van der Waals surface area contributed by atoms with Crippen molar-refractivity contribution < 1.29 is 19.1 Å². The summed E-state index contributed by atoms with van der Waals surface area (Å²) in [6.07, 6.45) is 3.27. The summed E-state index contributed by atoms with van der Waals surface area (Å²) < 4.78 is 16.3. The Morgan fingerprint density at radius 2 is 1.94 bits per heavy atom. The highest BCUT2D eigenvalue weighted by atomic mass is 32.1. The maximum absolute atomic E-state index is 14.3. The van der Waals surface area contributed by atoms with Crippen LogP contribution < -0.4 is 5.32 Å². The molecule has 8 heteroatoms. The van der Waals surface area contributed by atoms with Crippen LogP contribution in [0.1, 0.15) is 66.0 Å². The van der Waals surface area contributed by atoms with Gasteiger partial charge in [0.25, 0.3) is 0 Å². The number of carboxylic acids is 1. The molecule has 1 amide bonds. The highest BCUT2D eigenvalue weighted by Gasteiger charge is 2.17. The SMILES string of the molecule is CCCc1nc2c(C)cc(CNC(=O)[C@H](S)CCC)cc2n1Cc1ccc(C(=O)O)c(F)c1. The molecular weight excluding hydrogens is 441 g/mol. The summed E-state index contributed by atoms with van der Waals surface area (Å²) in [5, 5.41) is 11.7. The Bertz CT molecular complexity index is 1180. The van der Waals surface area contributed by atoms with Crippen LogP contribution in [0.2, 0.25) is 0 Å². The number of benzene rings is 2. The molecule has 0 fully saturated rings. The van der Waals surface area contributed by atoms with Gasteiger partial charge in [-0.2, -0.15) is 12.6 Å². The molecule has 6 nitrogen and oxygen atoms in total. The number of nitrogens with one attached hydrogen (secondary N) is 1. The van der Waals surface area contributed by atoms with Crippen LogP contribution in [-0.4, -0.2) is 31.8 Å². The van der Waals surface area contributed by atoms with E-state index in [0.29, 0.717) is 18.7 Å². The van der Waals surface area contributed by atoms with E-state index in [1.165, 1.54) is 12.1 Å². The zero-order chi connectivity index (χ0) is 24.1. The lowest BCUT2D eigenvalue weighted by Crippen LogP contribution is -2.30. The molecule has 0 saturated carbocycles. The van der Waals surface area contributed by atoms with Crippen LogP contribution in [-0.2, 0) is 24.3 Å². The van der Waals surface area contributed by atoms with E-state index in [9.17, 15) is 14.0 Å². The van der Waals surface area contributed by atoms with Crippen molar-refractivity contribution in [2.45, 2.75) is 64.8 Å². The van der Waals surface area contributed by atoms with E-state index in [2.05, 4.69) is 24.9 Å². The van der Waals surface area contributed by atoms with Gasteiger partial charge in [-0.1, -0.05) is 32.4 Å².